The van der Waals surface area contributed by atoms with Crippen LogP contribution in [0.1, 0.15) is 32.3 Å². The average molecular weight is 389 g/mol. The number of nitrogens with one attached hydrogen (secondary N) is 2. The molecule has 0 amide bonds. The molecule has 1 aromatic rings. The lowest BCUT2D eigenvalue weighted by atomic mass is 10.2. The monoisotopic (exact) mass is 388 g/mol. The van der Waals surface area contributed by atoms with Crippen molar-refractivity contribution in [3.63, 3.8) is 0 Å². The average Bonchev–Trinajstić information content (AvgIpc) is 3.51. The molecule has 2 aliphatic rings. The number of guanidine groups is 1. The second-order valence-electron chi connectivity index (χ2n) is 8.31. The number of hydrogen-bond acceptors (Lipinski definition) is 4. The number of benzene rings is 1. The number of nitrogens with zero attached hydrogens (tertiary/aromatic N) is 2. The Labute approximate surface area is 169 Å². The zero-order valence-electron chi connectivity index (χ0n) is 17.6. The Morgan fingerprint density at radius 1 is 1.29 bits per heavy atom. The van der Waals surface area contributed by atoms with Gasteiger partial charge in [-0.05, 0) is 30.7 Å². The molecule has 0 aromatic heterocycles. The first-order chi connectivity index (χ1) is 13.6. The van der Waals surface area contributed by atoms with E-state index in [-0.39, 0.29) is 6.10 Å². The van der Waals surface area contributed by atoms with Crippen molar-refractivity contribution in [3.05, 3.63) is 29.8 Å². The third kappa shape index (κ3) is 6.99. The molecular weight excluding hydrogens is 352 g/mol. The van der Waals surface area contributed by atoms with Crippen molar-refractivity contribution in [2.75, 3.05) is 46.4 Å². The molecule has 1 unspecified atom stereocenters. The van der Waals surface area contributed by atoms with E-state index in [9.17, 15) is 0 Å². The van der Waals surface area contributed by atoms with Gasteiger partial charge in [-0.15, -0.1) is 0 Å². The summed E-state index contributed by atoms with van der Waals surface area (Å²) in [6.07, 6.45) is 2.80. The van der Waals surface area contributed by atoms with Gasteiger partial charge in [-0.1, -0.05) is 32.0 Å². The SMILES string of the molecule is CN=C(NCc1ccccc1OCC1CC1)NCC1CN(CC(C)C)CCO1. The van der Waals surface area contributed by atoms with E-state index in [1.807, 2.05) is 6.07 Å². The van der Waals surface area contributed by atoms with Crippen LogP contribution in [0.2, 0.25) is 0 Å². The summed E-state index contributed by atoms with van der Waals surface area (Å²) >= 11 is 0. The Morgan fingerprint density at radius 2 is 2.11 bits per heavy atom. The van der Waals surface area contributed by atoms with Crippen LogP contribution in [-0.2, 0) is 11.3 Å². The summed E-state index contributed by atoms with van der Waals surface area (Å²) in [5, 5.41) is 6.81. The summed E-state index contributed by atoms with van der Waals surface area (Å²) in [6, 6.07) is 8.24. The summed E-state index contributed by atoms with van der Waals surface area (Å²) < 4.78 is 11.9. The van der Waals surface area contributed by atoms with Crippen molar-refractivity contribution in [2.45, 2.75) is 39.3 Å². The van der Waals surface area contributed by atoms with Crippen LogP contribution in [0.5, 0.6) is 5.75 Å². The summed E-state index contributed by atoms with van der Waals surface area (Å²) in [5.74, 6) is 3.20. The number of aliphatic imine (C=N–C) groups is 1. The second-order valence-corrected chi connectivity index (χ2v) is 8.31. The Kier molecular flexibility index (Phi) is 7.98. The highest BCUT2D eigenvalue weighted by Gasteiger charge is 2.23. The maximum absolute atomic E-state index is 6.00. The van der Waals surface area contributed by atoms with Gasteiger partial charge in [0.1, 0.15) is 5.75 Å². The molecule has 1 saturated heterocycles. The molecule has 1 aliphatic heterocycles. The predicted octanol–water partition coefficient (Wildman–Crippen LogP) is 2.50. The molecule has 1 saturated carbocycles. The van der Waals surface area contributed by atoms with E-state index in [4.69, 9.17) is 9.47 Å². The lowest BCUT2D eigenvalue weighted by Gasteiger charge is -2.34. The lowest BCUT2D eigenvalue weighted by Crippen LogP contribution is -2.50. The van der Waals surface area contributed by atoms with Crippen molar-refractivity contribution in [1.29, 1.82) is 0 Å². The number of para-hydroxylation sites is 1. The van der Waals surface area contributed by atoms with Crippen LogP contribution >= 0.6 is 0 Å². The maximum Gasteiger partial charge on any atom is 0.191 e. The first kappa shape index (κ1) is 20.9. The van der Waals surface area contributed by atoms with E-state index in [0.717, 1.165) is 62.6 Å². The van der Waals surface area contributed by atoms with E-state index in [2.05, 4.69) is 52.6 Å². The third-order valence-corrected chi connectivity index (χ3v) is 5.16. The van der Waals surface area contributed by atoms with Crippen LogP contribution in [0.25, 0.3) is 0 Å². The molecule has 2 N–H and O–H groups in total. The lowest BCUT2D eigenvalue weighted by molar-refractivity contribution is -0.0284. The van der Waals surface area contributed by atoms with Crippen molar-refractivity contribution in [3.8, 4) is 5.75 Å². The van der Waals surface area contributed by atoms with Crippen molar-refractivity contribution >= 4 is 5.96 Å². The highest BCUT2D eigenvalue weighted by Crippen LogP contribution is 2.30. The van der Waals surface area contributed by atoms with Crippen molar-refractivity contribution < 1.29 is 9.47 Å². The molecule has 1 aliphatic carbocycles. The van der Waals surface area contributed by atoms with Crippen molar-refractivity contribution in [2.24, 2.45) is 16.8 Å². The molecule has 1 aromatic carbocycles. The van der Waals surface area contributed by atoms with Gasteiger partial charge in [-0.2, -0.15) is 0 Å². The minimum Gasteiger partial charge on any atom is -0.493 e. The van der Waals surface area contributed by atoms with Gasteiger partial charge in [0.05, 0.1) is 19.3 Å². The molecule has 6 heteroatoms. The first-order valence-corrected chi connectivity index (χ1v) is 10.6. The van der Waals surface area contributed by atoms with E-state index in [1.165, 1.54) is 12.8 Å². The minimum atomic E-state index is 0.195. The van der Waals surface area contributed by atoms with Gasteiger partial charge in [0.25, 0.3) is 0 Å². The first-order valence-electron chi connectivity index (χ1n) is 10.6. The molecule has 1 atom stereocenters. The number of hydrogen-bond donors (Lipinski definition) is 2. The van der Waals surface area contributed by atoms with Gasteiger partial charge in [0.2, 0.25) is 0 Å². The highest BCUT2D eigenvalue weighted by molar-refractivity contribution is 5.79. The maximum atomic E-state index is 6.00. The molecule has 0 radical (unpaired) electrons. The molecule has 1 heterocycles. The van der Waals surface area contributed by atoms with E-state index in [1.54, 1.807) is 7.05 Å². The minimum absolute atomic E-state index is 0.195. The molecule has 0 spiro atoms. The Morgan fingerprint density at radius 3 is 2.86 bits per heavy atom. The van der Waals surface area contributed by atoms with Gasteiger partial charge in [0, 0.05) is 45.3 Å². The summed E-state index contributed by atoms with van der Waals surface area (Å²) in [4.78, 5) is 6.84. The van der Waals surface area contributed by atoms with Gasteiger partial charge in [0.15, 0.2) is 5.96 Å². The fourth-order valence-electron chi connectivity index (χ4n) is 3.48. The molecule has 28 heavy (non-hydrogen) atoms. The Bertz CT molecular complexity index is 631. The van der Waals surface area contributed by atoms with E-state index >= 15 is 0 Å². The van der Waals surface area contributed by atoms with Crippen LogP contribution in [0.3, 0.4) is 0 Å². The molecular formula is C22H36N4O2. The van der Waals surface area contributed by atoms with Gasteiger partial charge < -0.3 is 20.1 Å². The summed E-state index contributed by atoms with van der Waals surface area (Å²) in [6.45, 7) is 10.7. The molecule has 3 rings (SSSR count). The molecule has 0 bridgehead atoms. The molecule has 156 valence electrons. The number of morpholine rings is 1. The van der Waals surface area contributed by atoms with E-state index < -0.39 is 0 Å². The van der Waals surface area contributed by atoms with Crippen LogP contribution in [0.15, 0.2) is 29.3 Å². The van der Waals surface area contributed by atoms with Crippen LogP contribution in [0.4, 0.5) is 0 Å². The standard InChI is InChI=1S/C22H36N4O2/c1-17(2)14-26-10-11-27-20(15-26)13-25-22(23-3)24-12-19-6-4-5-7-21(19)28-16-18-8-9-18/h4-7,17-18,20H,8-16H2,1-3H3,(H2,23,24,25). The zero-order chi connectivity index (χ0) is 19.8. The summed E-state index contributed by atoms with van der Waals surface area (Å²) in [5.41, 5.74) is 1.16. The fourth-order valence-corrected chi connectivity index (χ4v) is 3.48. The van der Waals surface area contributed by atoms with E-state index in [0.29, 0.717) is 12.5 Å². The third-order valence-electron chi connectivity index (χ3n) is 5.16. The van der Waals surface area contributed by atoms with Gasteiger partial charge >= 0.3 is 0 Å². The normalized spacial score (nSPS) is 21.0. The number of rotatable bonds is 9. The van der Waals surface area contributed by atoms with Crippen LogP contribution in [-0.4, -0.2) is 63.4 Å². The Hall–Kier alpha value is -1.79. The fraction of sp³-hybridized carbons (Fsp3) is 0.682. The predicted molar refractivity (Wildman–Crippen MR) is 114 cm³/mol. The topological polar surface area (TPSA) is 58.1 Å². The molecule has 2 fully saturated rings. The van der Waals surface area contributed by atoms with Crippen LogP contribution < -0.4 is 15.4 Å². The van der Waals surface area contributed by atoms with Crippen LogP contribution in [0, 0.1) is 11.8 Å². The highest BCUT2D eigenvalue weighted by atomic mass is 16.5. The summed E-state index contributed by atoms with van der Waals surface area (Å²) in [7, 11) is 1.80. The zero-order valence-corrected chi connectivity index (χ0v) is 17.6. The molecule has 6 nitrogen and oxygen atoms in total. The smallest absolute Gasteiger partial charge is 0.191 e. The van der Waals surface area contributed by atoms with Gasteiger partial charge in [-0.25, -0.2) is 0 Å². The Balaban J connectivity index is 1.43. The quantitative estimate of drug-likeness (QED) is 0.503. The van der Waals surface area contributed by atoms with Gasteiger partial charge in [-0.3, -0.25) is 9.89 Å². The van der Waals surface area contributed by atoms with Crippen molar-refractivity contribution in [1.82, 2.24) is 15.5 Å². The number of ether oxygens (including phenoxy) is 2. The largest absolute Gasteiger partial charge is 0.493 e. The second kappa shape index (κ2) is 10.7.